The van der Waals surface area contributed by atoms with Crippen LogP contribution in [0.25, 0.3) is 28.0 Å². The fourth-order valence-corrected chi connectivity index (χ4v) is 9.69. The average Bonchev–Trinajstić information content (AvgIpc) is 3.67. The maximum atomic E-state index is 13.4. The van der Waals surface area contributed by atoms with Gasteiger partial charge in [-0.15, -0.1) is 0 Å². The third-order valence-electron chi connectivity index (χ3n) is 14.2. The molecule has 1 amide bonds. The average molecular weight is 928 g/mol. The van der Waals surface area contributed by atoms with Crippen molar-refractivity contribution in [3.8, 4) is 22.4 Å². The maximum Gasteiger partial charge on any atom is 0.223 e. The van der Waals surface area contributed by atoms with Crippen molar-refractivity contribution in [3.05, 3.63) is 108 Å². The summed E-state index contributed by atoms with van der Waals surface area (Å²) in [6.07, 6.45) is 6.57. The van der Waals surface area contributed by atoms with Gasteiger partial charge in [0.25, 0.3) is 0 Å². The van der Waals surface area contributed by atoms with E-state index < -0.39 is 12.1 Å². The van der Waals surface area contributed by atoms with Crippen LogP contribution in [0.2, 0.25) is 0 Å². The van der Waals surface area contributed by atoms with Crippen LogP contribution in [0.4, 0.5) is 5.82 Å². The fraction of sp³-hybridized carbons (Fsp3) is 0.544. The number of anilines is 1. The maximum absolute atomic E-state index is 13.4. The summed E-state index contributed by atoms with van der Waals surface area (Å²) in [6, 6.07) is 30.7. The second-order valence-electron chi connectivity index (χ2n) is 21.4. The van der Waals surface area contributed by atoms with E-state index >= 15 is 0 Å². The van der Waals surface area contributed by atoms with E-state index in [0.29, 0.717) is 31.7 Å². The number of carbonyl (C=O) groups excluding carboxylic acids is 2. The summed E-state index contributed by atoms with van der Waals surface area (Å²) in [5.41, 5.74) is 14.9. The van der Waals surface area contributed by atoms with E-state index in [1.807, 2.05) is 30.3 Å². The first-order valence-electron chi connectivity index (χ1n) is 25.3. The number of methoxy groups -OCH3 is 1. The monoisotopic (exact) mass is 928 g/mol. The molecule has 5 aromatic rings. The number of aryl methyl sites for hydroxylation is 2. The normalized spacial score (nSPS) is 15.2. The lowest BCUT2D eigenvalue weighted by molar-refractivity contribution is -0.129. The molecule has 3 aromatic carbocycles. The Morgan fingerprint density at radius 3 is 2.16 bits per heavy atom. The lowest BCUT2D eigenvalue weighted by Crippen LogP contribution is -2.47. The molecule has 0 bridgehead atoms. The minimum Gasteiger partial charge on any atom is -0.384 e. The van der Waals surface area contributed by atoms with Gasteiger partial charge in [-0.25, -0.2) is 4.98 Å². The molecule has 0 saturated carbocycles. The Hall–Kier alpha value is -4.94. The van der Waals surface area contributed by atoms with Crippen molar-refractivity contribution >= 4 is 23.2 Å². The second kappa shape index (κ2) is 24.6. The SMILES string of the molecule is COCCN1CCN(c2cc(-c3cccc(CCC(C)(C)CCC(C)(C)CCCNC(=O)[C@@H](CCC(=O)[C@@H](O)[C@H](N)Cc4ccccc4)CC(C)C)c3)nc3c(-c4ccccc4)c(C)nn23)CC1. The largest absolute Gasteiger partial charge is 0.384 e. The van der Waals surface area contributed by atoms with Crippen molar-refractivity contribution < 1.29 is 19.4 Å². The first-order chi connectivity index (χ1) is 32.5. The first kappa shape index (κ1) is 52.4. The Balaban J connectivity index is 1.01. The number of Topliss-reactive ketones (excluding diaryl/α,β-unsaturated/α-hetero) is 1. The number of fused-ring (bicyclic) bond motifs is 1. The van der Waals surface area contributed by atoms with Crippen LogP contribution in [0.15, 0.2) is 91.0 Å². The predicted octanol–water partition coefficient (Wildman–Crippen LogP) is 9.74. The molecule has 1 aliphatic rings. The molecule has 1 aliphatic heterocycles. The molecule has 68 heavy (non-hydrogen) atoms. The molecule has 0 unspecified atom stereocenters. The zero-order chi connectivity index (χ0) is 48.8. The van der Waals surface area contributed by atoms with Gasteiger partial charge in [-0.3, -0.25) is 14.5 Å². The standard InChI is InChI=1S/C57H81N7O4/c1-41(2)37-47(23-24-50(65)53(66)48(58)39-43-17-11-9-12-18-43)55(67)59-30-16-26-56(4,5)28-29-57(6,7)27-25-44-19-15-22-46(38-44)49-40-51(63-33-31-62(32-34-63)35-36-68-8)64-54(60-49)52(42(3)61-64)45-20-13-10-14-21-45/h9-15,17-22,38,40-41,47-48,53,66H,16,23-37,39,58H2,1-8H3,(H,59,67)/t47-,48+,53-/m0/s1. The highest BCUT2D eigenvalue weighted by molar-refractivity contribution is 5.85. The molecule has 0 spiro atoms. The molecule has 368 valence electrons. The first-order valence-corrected chi connectivity index (χ1v) is 25.3. The molecule has 11 nitrogen and oxygen atoms in total. The highest BCUT2D eigenvalue weighted by Crippen LogP contribution is 2.38. The fourth-order valence-electron chi connectivity index (χ4n) is 9.69. The zero-order valence-corrected chi connectivity index (χ0v) is 42.5. The molecule has 1 saturated heterocycles. The topological polar surface area (TPSA) is 138 Å². The van der Waals surface area contributed by atoms with Crippen molar-refractivity contribution in [2.45, 2.75) is 125 Å². The van der Waals surface area contributed by atoms with Gasteiger partial charge in [0.05, 0.1) is 18.0 Å². The number of hydrogen-bond acceptors (Lipinski definition) is 9. The minimum absolute atomic E-state index is 0.00396. The van der Waals surface area contributed by atoms with Gasteiger partial charge in [0.2, 0.25) is 5.91 Å². The zero-order valence-electron chi connectivity index (χ0n) is 42.5. The number of amides is 1. The number of ketones is 1. The Kier molecular flexibility index (Phi) is 18.9. The summed E-state index contributed by atoms with van der Waals surface area (Å²) < 4.78 is 7.43. The number of carbonyl (C=O) groups is 2. The summed E-state index contributed by atoms with van der Waals surface area (Å²) in [7, 11) is 1.77. The van der Waals surface area contributed by atoms with Crippen LogP contribution >= 0.6 is 0 Å². The predicted molar refractivity (Wildman–Crippen MR) is 278 cm³/mol. The summed E-state index contributed by atoms with van der Waals surface area (Å²) in [4.78, 5) is 36.7. The molecule has 6 rings (SSSR count). The number of aliphatic hydroxyl groups is 1. The van der Waals surface area contributed by atoms with Crippen LogP contribution in [-0.2, 0) is 27.2 Å². The Bertz CT molecular complexity index is 2350. The number of piperazine rings is 1. The molecule has 4 N–H and O–H groups in total. The van der Waals surface area contributed by atoms with E-state index in [1.165, 1.54) is 5.56 Å². The quantitative estimate of drug-likeness (QED) is 0.0463. The van der Waals surface area contributed by atoms with Gasteiger partial charge < -0.3 is 25.8 Å². The van der Waals surface area contributed by atoms with Crippen LogP contribution in [0.1, 0.15) is 110 Å². The Labute approximate surface area is 407 Å². The van der Waals surface area contributed by atoms with E-state index in [0.717, 1.165) is 123 Å². The number of benzene rings is 3. The highest BCUT2D eigenvalue weighted by Gasteiger charge is 2.29. The van der Waals surface area contributed by atoms with Gasteiger partial charge in [-0.2, -0.15) is 9.61 Å². The molecular weight excluding hydrogens is 847 g/mol. The second-order valence-corrected chi connectivity index (χ2v) is 21.4. The highest BCUT2D eigenvalue weighted by atomic mass is 16.5. The van der Waals surface area contributed by atoms with E-state index in [2.05, 4.69) is 129 Å². The van der Waals surface area contributed by atoms with Crippen LogP contribution < -0.4 is 16.0 Å². The Morgan fingerprint density at radius 1 is 0.838 bits per heavy atom. The number of ether oxygens (including phenoxy) is 1. The summed E-state index contributed by atoms with van der Waals surface area (Å²) in [5, 5.41) is 19.0. The molecule has 0 radical (unpaired) electrons. The van der Waals surface area contributed by atoms with Crippen LogP contribution in [-0.4, -0.2) is 101 Å². The summed E-state index contributed by atoms with van der Waals surface area (Å²) in [5.74, 6) is 0.804. The van der Waals surface area contributed by atoms with Crippen molar-refractivity contribution in [3.63, 3.8) is 0 Å². The molecule has 0 aliphatic carbocycles. The third-order valence-corrected chi connectivity index (χ3v) is 14.2. The number of rotatable bonds is 26. The molecule has 3 atom stereocenters. The van der Waals surface area contributed by atoms with Crippen LogP contribution in [0.3, 0.4) is 0 Å². The number of aromatic nitrogens is 3. The number of nitrogens with two attached hydrogens (primary N) is 1. The number of nitrogens with one attached hydrogen (secondary N) is 1. The third kappa shape index (κ3) is 15.0. The van der Waals surface area contributed by atoms with Gasteiger partial charge in [-0.1, -0.05) is 120 Å². The number of nitrogens with zero attached hydrogens (tertiary/aromatic N) is 5. The van der Waals surface area contributed by atoms with E-state index in [-0.39, 0.29) is 34.9 Å². The van der Waals surface area contributed by atoms with E-state index in [4.69, 9.17) is 20.6 Å². The molecule has 1 fully saturated rings. The van der Waals surface area contributed by atoms with Crippen LogP contribution in [0, 0.1) is 29.6 Å². The van der Waals surface area contributed by atoms with Gasteiger partial charge in [-0.05, 0) is 104 Å². The number of hydrogen-bond donors (Lipinski definition) is 3. The minimum atomic E-state index is -1.25. The van der Waals surface area contributed by atoms with Gasteiger partial charge in [0, 0.05) is 82.0 Å². The van der Waals surface area contributed by atoms with Crippen LogP contribution in [0.5, 0.6) is 0 Å². The molecule has 2 aromatic heterocycles. The van der Waals surface area contributed by atoms with Crippen molar-refractivity contribution in [1.29, 1.82) is 0 Å². The van der Waals surface area contributed by atoms with E-state index in [1.54, 1.807) is 7.11 Å². The van der Waals surface area contributed by atoms with Gasteiger partial charge in [0.1, 0.15) is 11.9 Å². The molecule has 3 heterocycles. The Morgan fingerprint density at radius 2 is 1.49 bits per heavy atom. The molecule has 11 heteroatoms. The summed E-state index contributed by atoms with van der Waals surface area (Å²) >= 11 is 0. The van der Waals surface area contributed by atoms with Gasteiger partial charge in [0.15, 0.2) is 11.4 Å². The lowest BCUT2D eigenvalue weighted by atomic mass is 9.74. The van der Waals surface area contributed by atoms with Crippen molar-refractivity contribution in [2.24, 2.45) is 28.4 Å². The van der Waals surface area contributed by atoms with Crippen molar-refractivity contribution in [2.75, 3.05) is 57.9 Å². The van der Waals surface area contributed by atoms with Crippen molar-refractivity contribution in [1.82, 2.24) is 24.8 Å². The lowest BCUT2D eigenvalue weighted by Gasteiger charge is -2.36. The smallest absolute Gasteiger partial charge is 0.223 e. The number of aliphatic hydroxyl groups excluding tert-OH is 1. The molecular formula is C57H81N7O4. The van der Waals surface area contributed by atoms with Gasteiger partial charge >= 0.3 is 0 Å². The summed E-state index contributed by atoms with van der Waals surface area (Å²) in [6.45, 7) is 21.8. The van der Waals surface area contributed by atoms with E-state index in [9.17, 15) is 14.7 Å².